The molecule has 1 aromatic rings. The topological polar surface area (TPSA) is 69.6 Å². The van der Waals surface area contributed by atoms with Gasteiger partial charge in [0, 0.05) is 24.5 Å². The first kappa shape index (κ1) is 12.4. The molecule has 0 spiro atoms. The Hall–Kier alpha value is -2.04. The predicted octanol–water partition coefficient (Wildman–Crippen LogP) is 1.48. The van der Waals surface area contributed by atoms with E-state index in [9.17, 15) is 9.59 Å². The van der Waals surface area contributed by atoms with E-state index in [-0.39, 0.29) is 18.4 Å². The fraction of sp³-hybridized carbons (Fsp3) is 0.385. The molecule has 0 radical (unpaired) electrons. The van der Waals surface area contributed by atoms with Crippen molar-refractivity contribution in [1.82, 2.24) is 0 Å². The molecule has 2 N–H and O–H groups in total. The smallest absolute Gasteiger partial charge is 0.305 e. The number of nitrogens with one attached hydrogen (secondary N) is 1. The van der Waals surface area contributed by atoms with Gasteiger partial charge in [-0.2, -0.15) is 0 Å². The molecule has 1 amide bonds. The third-order valence-electron chi connectivity index (χ3n) is 3.25. The van der Waals surface area contributed by atoms with Gasteiger partial charge in [0.15, 0.2) is 0 Å². The summed E-state index contributed by atoms with van der Waals surface area (Å²) >= 11 is 0. The Morgan fingerprint density at radius 2 is 2.28 bits per heavy atom. The van der Waals surface area contributed by atoms with Crippen molar-refractivity contribution in [2.75, 3.05) is 17.3 Å². The Morgan fingerprint density at radius 1 is 1.56 bits per heavy atom. The van der Waals surface area contributed by atoms with Gasteiger partial charge < -0.3 is 15.3 Å². The highest BCUT2D eigenvalue weighted by Crippen LogP contribution is 2.28. The van der Waals surface area contributed by atoms with Crippen molar-refractivity contribution in [2.24, 2.45) is 0 Å². The largest absolute Gasteiger partial charge is 0.481 e. The predicted molar refractivity (Wildman–Crippen MR) is 68.9 cm³/mol. The molecule has 5 heteroatoms. The van der Waals surface area contributed by atoms with Crippen LogP contribution in [0.5, 0.6) is 0 Å². The molecule has 18 heavy (non-hydrogen) atoms. The summed E-state index contributed by atoms with van der Waals surface area (Å²) in [6.45, 7) is 1.87. The van der Waals surface area contributed by atoms with E-state index in [0.717, 1.165) is 16.9 Å². The van der Waals surface area contributed by atoms with Crippen molar-refractivity contribution < 1.29 is 14.7 Å². The molecule has 96 valence electrons. The Bertz CT molecular complexity index is 499. The highest BCUT2D eigenvalue weighted by molar-refractivity contribution is 5.99. The van der Waals surface area contributed by atoms with Crippen LogP contribution in [0.2, 0.25) is 0 Å². The van der Waals surface area contributed by atoms with Gasteiger partial charge in [0.25, 0.3) is 0 Å². The van der Waals surface area contributed by atoms with Crippen LogP contribution in [0.4, 0.5) is 11.4 Å². The quantitative estimate of drug-likeness (QED) is 0.846. The number of carbonyl (C=O) groups excluding carboxylic acids is 1. The third-order valence-corrected chi connectivity index (χ3v) is 3.25. The molecule has 1 atom stereocenters. The molecular formula is C13H16N2O3. The number of fused-ring (bicyclic) bond motifs is 1. The number of amides is 1. The molecule has 0 aliphatic carbocycles. The van der Waals surface area contributed by atoms with Crippen molar-refractivity contribution >= 4 is 23.3 Å². The summed E-state index contributed by atoms with van der Waals surface area (Å²) in [5.41, 5.74) is 2.74. The zero-order chi connectivity index (χ0) is 13.3. The van der Waals surface area contributed by atoms with Crippen molar-refractivity contribution in [1.29, 1.82) is 0 Å². The van der Waals surface area contributed by atoms with Gasteiger partial charge in [-0.1, -0.05) is 0 Å². The molecule has 1 aromatic carbocycles. The summed E-state index contributed by atoms with van der Waals surface area (Å²) in [7, 11) is 1.86. The number of hydrogen-bond acceptors (Lipinski definition) is 3. The number of carboxylic acids is 1. The van der Waals surface area contributed by atoms with Crippen LogP contribution < -0.4 is 10.2 Å². The van der Waals surface area contributed by atoms with Gasteiger partial charge in [-0.25, -0.2) is 0 Å². The van der Waals surface area contributed by atoms with Crippen LogP contribution in [-0.4, -0.2) is 30.1 Å². The Morgan fingerprint density at radius 3 is 2.94 bits per heavy atom. The SMILES string of the molecule is CC(CC(=O)O)N(C)c1ccc2c(c1)CC(=O)N2. The normalized spacial score (nSPS) is 14.9. The highest BCUT2D eigenvalue weighted by Gasteiger charge is 2.20. The van der Waals surface area contributed by atoms with Crippen molar-refractivity contribution in [2.45, 2.75) is 25.8 Å². The molecule has 0 fully saturated rings. The monoisotopic (exact) mass is 248 g/mol. The number of nitrogens with zero attached hydrogens (tertiary/aromatic N) is 1. The molecule has 2 rings (SSSR count). The van der Waals surface area contributed by atoms with E-state index in [2.05, 4.69) is 5.32 Å². The van der Waals surface area contributed by atoms with Gasteiger partial charge in [-0.3, -0.25) is 9.59 Å². The van der Waals surface area contributed by atoms with Crippen LogP contribution in [0.3, 0.4) is 0 Å². The maximum Gasteiger partial charge on any atom is 0.305 e. The maximum absolute atomic E-state index is 11.3. The second-order valence-electron chi connectivity index (χ2n) is 4.62. The summed E-state index contributed by atoms with van der Waals surface area (Å²) in [5.74, 6) is -0.809. The zero-order valence-electron chi connectivity index (χ0n) is 10.4. The minimum Gasteiger partial charge on any atom is -0.481 e. The van der Waals surface area contributed by atoms with Gasteiger partial charge >= 0.3 is 5.97 Å². The van der Waals surface area contributed by atoms with Crippen LogP contribution in [-0.2, 0) is 16.0 Å². The highest BCUT2D eigenvalue weighted by atomic mass is 16.4. The Labute approximate surface area is 105 Å². The zero-order valence-corrected chi connectivity index (χ0v) is 10.4. The van der Waals surface area contributed by atoms with Crippen LogP contribution >= 0.6 is 0 Å². The fourth-order valence-electron chi connectivity index (χ4n) is 2.08. The Balaban J connectivity index is 2.17. The number of hydrogen-bond donors (Lipinski definition) is 2. The molecule has 0 aromatic heterocycles. The summed E-state index contributed by atoms with van der Waals surface area (Å²) in [5, 5.41) is 11.6. The van der Waals surface area contributed by atoms with Crippen LogP contribution in [0, 0.1) is 0 Å². The van der Waals surface area contributed by atoms with Gasteiger partial charge in [0.05, 0.1) is 12.8 Å². The number of aliphatic carboxylic acids is 1. The standard InChI is InChI=1S/C13H16N2O3/c1-8(5-13(17)18)15(2)10-3-4-11-9(6-10)7-12(16)14-11/h3-4,6,8H,5,7H2,1-2H3,(H,14,16)(H,17,18). The molecule has 0 saturated heterocycles. The van der Waals surface area contributed by atoms with Gasteiger partial charge in [-0.05, 0) is 30.7 Å². The molecule has 1 aliphatic heterocycles. The molecule has 0 saturated carbocycles. The second kappa shape index (κ2) is 4.68. The van der Waals surface area contributed by atoms with E-state index in [1.807, 2.05) is 37.1 Å². The van der Waals surface area contributed by atoms with E-state index in [1.54, 1.807) is 0 Å². The fourth-order valence-corrected chi connectivity index (χ4v) is 2.08. The van der Waals surface area contributed by atoms with E-state index < -0.39 is 5.97 Å². The molecule has 5 nitrogen and oxygen atoms in total. The molecule has 1 heterocycles. The first-order valence-corrected chi connectivity index (χ1v) is 5.85. The van der Waals surface area contributed by atoms with Crippen LogP contribution in [0.1, 0.15) is 18.9 Å². The minimum absolute atomic E-state index is 0.00314. The summed E-state index contributed by atoms with van der Waals surface area (Å²) in [6.07, 6.45) is 0.481. The van der Waals surface area contributed by atoms with Crippen molar-refractivity contribution in [3.8, 4) is 0 Å². The first-order chi connectivity index (χ1) is 8.47. The summed E-state index contributed by atoms with van der Waals surface area (Å²) < 4.78 is 0. The van der Waals surface area contributed by atoms with Gasteiger partial charge in [0.2, 0.25) is 5.91 Å². The van der Waals surface area contributed by atoms with E-state index in [0.29, 0.717) is 6.42 Å². The number of rotatable bonds is 4. The van der Waals surface area contributed by atoms with E-state index in [1.165, 1.54) is 0 Å². The lowest BCUT2D eigenvalue weighted by molar-refractivity contribution is -0.137. The average molecular weight is 248 g/mol. The lowest BCUT2D eigenvalue weighted by atomic mass is 10.1. The number of carbonyl (C=O) groups is 2. The molecular weight excluding hydrogens is 232 g/mol. The van der Waals surface area contributed by atoms with Gasteiger partial charge in [-0.15, -0.1) is 0 Å². The minimum atomic E-state index is -0.813. The number of anilines is 2. The molecule has 0 bridgehead atoms. The second-order valence-corrected chi connectivity index (χ2v) is 4.62. The first-order valence-electron chi connectivity index (χ1n) is 5.85. The van der Waals surface area contributed by atoms with E-state index in [4.69, 9.17) is 5.11 Å². The lowest BCUT2D eigenvalue weighted by Gasteiger charge is -2.26. The van der Waals surface area contributed by atoms with Crippen molar-refractivity contribution in [3.63, 3.8) is 0 Å². The van der Waals surface area contributed by atoms with Crippen molar-refractivity contribution in [3.05, 3.63) is 23.8 Å². The Kier molecular flexibility index (Phi) is 3.23. The third kappa shape index (κ3) is 2.45. The maximum atomic E-state index is 11.3. The van der Waals surface area contributed by atoms with Gasteiger partial charge in [0.1, 0.15) is 0 Å². The van der Waals surface area contributed by atoms with Crippen LogP contribution in [0.15, 0.2) is 18.2 Å². The lowest BCUT2D eigenvalue weighted by Crippen LogP contribution is -2.30. The molecule has 1 unspecified atom stereocenters. The summed E-state index contributed by atoms with van der Waals surface area (Å²) in [4.78, 5) is 23.9. The molecule has 1 aliphatic rings. The number of benzene rings is 1. The van der Waals surface area contributed by atoms with E-state index >= 15 is 0 Å². The number of carboxylic acid groups (broad SMARTS) is 1. The van der Waals surface area contributed by atoms with Crippen LogP contribution in [0.25, 0.3) is 0 Å². The summed E-state index contributed by atoms with van der Waals surface area (Å²) in [6, 6.07) is 5.60. The average Bonchev–Trinajstić information content (AvgIpc) is 2.65.